The molecule has 78 valence electrons. The predicted molar refractivity (Wildman–Crippen MR) is 57.9 cm³/mol. The van der Waals surface area contributed by atoms with Crippen LogP contribution < -0.4 is 5.32 Å². The van der Waals surface area contributed by atoms with E-state index in [0.29, 0.717) is 12.2 Å². The first-order valence-electron chi connectivity index (χ1n) is 5.39. The highest BCUT2D eigenvalue weighted by Gasteiger charge is 2.38. The molecule has 0 aromatic carbocycles. The molecule has 14 heavy (non-hydrogen) atoms. The van der Waals surface area contributed by atoms with Gasteiger partial charge in [-0.05, 0) is 26.3 Å². The van der Waals surface area contributed by atoms with E-state index in [9.17, 15) is 4.79 Å². The summed E-state index contributed by atoms with van der Waals surface area (Å²) in [7, 11) is 0. The van der Waals surface area contributed by atoms with Crippen molar-refractivity contribution in [2.45, 2.75) is 39.5 Å². The van der Waals surface area contributed by atoms with Crippen molar-refractivity contribution in [3.63, 3.8) is 0 Å². The highest BCUT2D eigenvalue weighted by molar-refractivity contribution is 5.85. The molecule has 0 aliphatic carbocycles. The van der Waals surface area contributed by atoms with Crippen molar-refractivity contribution in [2.75, 3.05) is 13.1 Å². The summed E-state index contributed by atoms with van der Waals surface area (Å²) in [4.78, 5) is 12.0. The van der Waals surface area contributed by atoms with Gasteiger partial charge in [0.2, 0.25) is 0 Å². The van der Waals surface area contributed by atoms with Crippen LogP contribution in [0.25, 0.3) is 0 Å². The first-order chi connectivity index (χ1) is 6.75. The third kappa shape index (κ3) is 2.36. The van der Waals surface area contributed by atoms with Gasteiger partial charge in [-0.25, -0.2) is 0 Å². The van der Waals surface area contributed by atoms with E-state index in [-0.39, 0.29) is 5.41 Å². The lowest BCUT2D eigenvalue weighted by molar-refractivity contribution is -0.127. The third-order valence-corrected chi connectivity index (χ3v) is 3.17. The molecule has 1 aliphatic heterocycles. The van der Waals surface area contributed by atoms with Crippen LogP contribution >= 0.6 is 0 Å². The van der Waals surface area contributed by atoms with Gasteiger partial charge in [0.1, 0.15) is 5.78 Å². The summed E-state index contributed by atoms with van der Waals surface area (Å²) in [5.74, 6) is 6.18. The molecule has 0 aromatic rings. The van der Waals surface area contributed by atoms with E-state index in [1.54, 1.807) is 0 Å². The van der Waals surface area contributed by atoms with E-state index in [1.807, 2.05) is 6.92 Å². The van der Waals surface area contributed by atoms with Crippen molar-refractivity contribution in [3.8, 4) is 11.8 Å². The molecule has 1 heterocycles. The maximum Gasteiger partial charge on any atom is 0.141 e. The minimum atomic E-state index is -0.0740. The van der Waals surface area contributed by atoms with Crippen LogP contribution in [0.4, 0.5) is 0 Å². The summed E-state index contributed by atoms with van der Waals surface area (Å²) in [6, 6.07) is 0. The fourth-order valence-electron chi connectivity index (χ4n) is 2.05. The second kappa shape index (κ2) is 5.17. The first kappa shape index (κ1) is 11.3. The van der Waals surface area contributed by atoms with Crippen molar-refractivity contribution in [2.24, 2.45) is 5.41 Å². The SMILES string of the molecule is CC#CCCC(=O)C1(CC)CCNC1. The highest BCUT2D eigenvalue weighted by atomic mass is 16.1. The Morgan fingerprint density at radius 3 is 2.86 bits per heavy atom. The second-order valence-corrected chi connectivity index (χ2v) is 3.91. The van der Waals surface area contributed by atoms with E-state index >= 15 is 0 Å². The second-order valence-electron chi connectivity index (χ2n) is 3.91. The normalized spacial score (nSPS) is 25.6. The van der Waals surface area contributed by atoms with E-state index < -0.39 is 0 Å². The number of carbonyl (C=O) groups excluding carboxylic acids is 1. The van der Waals surface area contributed by atoms with Gasteiger partial charge < -0.3 is 5.32 Å². The van der Waals surface area contributed by atoms with Gasteiger partial charge >= 0.3 is 0 Å². The summed E-state index contributed by atoms with van der Waals surface area (Å²) in [5, 5.41) is 3.28. The monoisotopic (exact) mass is 193 g/mol. The Hall–Kier alpha value is -0.810. The molecule has 0 amide bonds. The van der Waals surface area contributed by atoms with Crippen LogP contribution in [0.5, 0.6) is 0 Å². The van der Waals surface area contributed by atoms with Crippen LogP contribution in [0.15, 0.2) is 0 Å². The lowest BCUT2D eigenvalue weighted by Gasteiger charge is -2.24. The Labute approximate surface area is 86.5 Å². The van der Waals surface area contributed by atoms with Gasteiger partial charge in [-0.15, -0.1) is 11.8 Å². The van der Waals surface area contributed by atoms with Crippen molar-refractivity contribution in [1.29, 1.82) is 0 Å². The van der Waals surface area contributed by atoms with Crippen LogP contribution in [-0.4, -0.2) is 18.9 Å². The fraction of sp³-hybridized carbons (Fsp3) is 0.750. The topological polar surface area (TPSA) is 29.1 Å². The van der Waals surface area contributed by atoms with Crippen molar-refractivity contribution < 1.29 is 4.79 Å². The van der Waals surface area contributed by atoms with Gasteiger partial charge in [0.25, 0.3) is 0 Å². The summed E-state index contributed by atoms with van der Waals surface area (Å²) in [6.45, 7) is 5.77. The van der Waals surface area contributed by atoms with Crippen LogP contribution in [0, 0.1) is 17.3 Å². The zero-order valence-electron chi connectivity index (χ0n) is 9.15. The lowest BCUT2D eigenvalue weighted by atomic mass is 9.78. The Balaban J connectivity index is 2.50. The summed E-state index contributed by atoms with van der Waals surface area (Å²) in [5.41, 5.74) is -0.0740. The number of rotatable bonds is 4. The largest absolute Gasteiger partial charge is 0.316 e. The fourth-order valence-corrected chi connectivity index (χ4v) is 2.05. The average molecular weight is 193 g/mol. The van der Waals surface area contributed by atoms with Crippen molar-refractivity contribution in [3.05, 3.63) is 0 Å². The smallest absolute Gasteiger partial charge is 0.141 e. The molecule has 2 heteroatoms. The van der Waals surface area contributed by atoms with Crippen LogP contribution in [0.1, 0.15) is 39.5 Å². The molecule has 1 fully saturated rings. The molecule has 0 radical (unpaired) electrons. The average Bonchev–Trinajstić information content (AvgIpc) is 2.67. The van der Waals surface area contributed by atoms with Crippen LogP contribution in [0.3, 0.4) is 0 Å². The first-order valence-corrected chi connectivity index (χ1v) is 5.39. The Morgan fingerprint density at radius 2 is 2.36 bits per heavy atom. The standard InChI is InChI=1S/C12H19NO/c1-3-5-6-7-11(14)12(4-2)8-9-13-10-12/h13H,4,6-10H2,1-2H3. The molecule has 1 N–H and O–H groups in total. The Bertz CT molecular complexity index is 253. The van der Waals surface area contributed by atoms with Crippen molar-refractivity contribution >= 4 is 5.78 Å². The Kier molecular flexibility index (Phi) is 4.16. The number of nitrogens with one attached hydrogen (secondary N) is 1. The molecule has 0 spiro atoms. The number of hydrogen-bond acceptors (Lipinski definition) is 2. The number of carbonyl (C=O) groups is 1. The zero-order valence-corrected chi connectivity index (χ0v) is 9.15. The van der Waals surface area contributed by atoms with E-state index in [0.717, 1.165) is 32.4 Å². The maximum atomic E-state index is 12.0. The molecular weight excluding hydrogens is 174 g/mol. The van der Waals surface area contributed by atoms with Crippen LogP contribution in [-0.2, 0) is 4.79 Å². The molecule has 0 bridgehead atoms. The molecule has 1 aliphatic rings. The van der Waals surface area contributed by atoms with Gasteiger partial charge in [-0.1, -0.05) is 6.92 Å². The summed E-state index contributed by atoms with van der Waals surface area (Å²) < 4.78 is 0. The Morgan fingerprint density at radius 1 is 1.57 bits per heavy atom. The third-order valence-electron chi connectivity index (χ3n) is 3.17. The summed E-state index contributed by atoms with van der Waals surface area (Å²) >= 11 is 0. The van der Waals surface area contributed by atoms with E-state index in [4.69, 9.17) is 0 Å². The molecule has 1 atom stereocenters. The summed E-state index contributed by atoms with van der Waals surface area (Å²) in [6.07, 6.45) is 3.30. The van der Waals surface area contributed by atoms with Crippen molar-refractivity contribution in [1.82, 2.24) is 5.32 Å². The molecule has 1 saturated heterocycles. The zero-order chi connectivity index (χ0) is 10.4. The molecule has 0 aromatic heterocycles. The minimum absolute atomic E-state index is 0.0740. The highest BCUT2D eigenvalue weighted by Crippen LogP contribution is 2.31. The van der Waals surface area contributed by atoms with Crippen LogP contribution in [0.2, 0.25) is 0 Å². The molecule has 1 rings (SSSR count). The molecule has 0 saturated carbocycles. The quantitative estimate of drug-likeness (QED) is 0.689. The maximum absolute atomic E-state index is 12.0. The predicted octanol–water partition coefficient (Wildman–Crippen LogP) is 1.75. The van der Waals surface area contributed by atoms with Gasteiger partial charge in [-0.3, -0.25) is 4.79 Å². The molecular formula is C12H19NO. The molecule has 2 nitrogen and oxygen atoms in total. The number of hydrogen-bond donors (Lipinski definition) is 1. The minimum Gasteiger partial charge on any atom is -0.316 e. The lowest BCUT2D eigenvalue weighted by Crippen LogP contribution is -2.32. The van der Waals surface area contributed by atoms with Gasteiger partial charge in [0.05, 0.1) is 0 Å². The van der Waals surface area contributed by atoms with Gasteiger partial charge in [0, 0.05) is 24.8 Å². The van der Waals surface area contributed by atoms with E-state index in [2.05, 4.69) is 24.1 Å². The van der Waals surface area contributed by atoms with E-state index in [1.165, 1.54) is 0 Å². The van der Waals surface area contributed by atoms with Gasteiger partial charge in [0.15, 0.2) is 0 Å². The number of ketones is 1. The number of Topliss-reactive ketones (excluding diaryl/α,β-unsaturated/α-hetero) is 1. The van der Waals surface area contributed by atoms with Gasteiger partial charge in [-0.2, -0.15) is 0 Å². The molecule has 1 unspecified atom stereocenters.